The van der Waals surface area contributed by atoms with Crippen LogP contribution in [0, 0.1) is 15.9 Å². The first kappa shape index (κ1) is 19.7. The summed E-state index contributed by atoms with van der Waals surface area (Å²) in [6, 6.07) is 8.58. The maximum atomic E-state index is 13.0. The van der Waals surface area contributed by atoms with Gasteiger partial charge in [-0.2, -0.15) is 0 Å². The molecule has 1 aliphatic rings. The fraction of sp³-hybridized carbons (Fsp3) is 0.368. The van der Waals surface area contributed by atoms with Crippen LogP contribution in [0.1, 0.15) is 12.0 Å². The number of hydrogen-bond acceptors (Lipinski definition) is 5. The molecule has 2 heterocycles. The maximum absolute atomic E-state index is 13.0. The van der Waals surface area contributed by atoms with E-state index in [0.29, 0.717) is 26.2 Å². The third kappa shape index (κ3) is 5.01. The van der Waals surface area contributed by atoms with Crippen molar-refractivity contribution in [1.82, 2.24) is 14.4 Å². The number of benzene rings is 1. The zero-order chi connectivity index (χ0) is 20.1. The standard InChI is InChI=1S/C19H21FN4O4/c20-16-4-2-15(3-5-16)12-21-8-1-9-22(11-10-21)19(26)14-23-13-17(24(27)28)6-7-18(23)25/h2-7,13H,1,8-12,14H2. The lowest BCUT2D eigenvalue weighted by Gasteiger charge is -2.22. The van der Waals surface area contributed by atoms with E-state index < -0.39 is 10.5 Å². The summed E-state index contributed by atoms with van der Waals surface area (Å²) < 4.78 is 14.1. The third-order valence-electron chi connectivity index (χ3n) is 4.74. The lowest BCUT2D eigenvalue weighted by Crippen LogP contribution is -2.38. The Hall–Kier alpha value is -3.07. The fourth-order valence-electron chi connectivity index (χ4n) is 3.22. The van der Waals surface area contributed by atoms with Crippen molar-refractivity contribution < 1.29 is 14.1 Å². The van der Waals surface area contributed by atoms with Gasteiger partial charge in [0.05, 0.1) is 11.1 Å². The molecule has 1 fully saturated rings. The van der Waals surface area contributed by atoms with Crippen LogP contribution in [0.15, 0.2) is 47.4 Å². The summed E-state index contributed by atoms with van der Waals surface area (Å²) in [5, 5.41) is 10.9. The van der Waals surface area contributed by atoms with Crippen molar-refractivity contribution in [3.63, 3.8) is 0 Å². The minimum absolute atomic E-state index is 0.224. The topological polar surface area (TPSA) is 88.7 Å². The van der Waals surface area contributed by atoms with Crippen molar-refractivity contribution in [2.45, 2.75) is 19.5 Å². The van der Waals surface area contributed by atoms with Crippen molar-refractivity contribution in [1.29, 1.82) is 0 Å². The molecule has 0 unspecified atom stereocenters. The summed E-state index contributed by atoms with van der Waals surface area (Å²) >= 11 is 0. The number of amides is 1. The Labute approximate surface area is 160 Å². The second kappa shape index (κ2) is 8.75. The van der Waals surface area contributed by atoms with Crippen LogP contribution in [0.2, 0.25) is 0 Å². The van der Waals surface area contributed by atoms with Crippen LogP contribution in [0.5, 0.6) is 0 Å². The Morgan fingerprint density at radius 2 is 1.82 bits per heavy atom. The van der Waals surface area contributed by atoms with Gasteiger partial charge in [-0.3, -0.25) is 29.2 Å². The van der Waals surface area contributed by atoms with E-state index in [1.165, 1.54) is 12.1 Å². The van der Waals surface area contributed by atoms with E-state index in [9.17, 15) is 24.1 Å². The van der Waals surface area contributed by atoms with Crippen LogP contribution in [-0.4, -0.2) is 51.4 Å². The predicted molar refractivity (Wildman–Crippen MR) is 100 cm³/mol. The van der Waals surface area contributed by atoms with Crippen LogP contribution in [-0.2, 0) is 17.9 Å². The molecule has 0 spiro atoms. The zero-order valence-corrected chi connectivity index (χ0v) is 15.3. The summed E-state index contributed by atoms with van der Waals surface area (Å²) in [6.07, 6.45) is 1.87. The van der Waals surface area contributed by atoms with Gasteiger partial charge in [0, 0.05) is 44.9 Å². The van der Waals surface area contributed by atoms with Crippen LogP contribution in [0.3, 0.4) is 0 Å². The van der Waals surface area contributed by atoms with Gasteiger partial charge in [0.25, 0.3) is 11.2 Å². The molecule has 1 saturated heterocycles. The molecule has 0 aliphatic carbocycles. The molecule has 0 radical (unpaired) electrons. The van der Waals surface area contributed by atoms with Gasteiger partial charge in [-0.05, 0) is 24.1 Å². The van der Waals surface area contributed by atoms with E-state index in [1.54, 1.807) is 17.0 Å². The molecule has 3 rings (SSSR count). The van der Waals surface area contributed by atoms with Crippen molar-refractivity contribution in [3.05, 3.63) is 74.4 Å². The largest absolute Gasteiger partial charge is 0.340 e. The van der Waals surface area contributed by atoms with E-state index in [1.807, 2.05) is 0 Å². The Morgan fingerprint density at radius 1 is 1.07 bits per heavy atom. The summed E-state index contributed by atoms with van der Waals surface area (Å²) in [7, 11) is 0. The van der Waals surface area contributed by atoms with Crippen molar-refractivity contribution in [2.24, 2.45) is 0 Å². The van der Waals surface area contributed by atoms with Gasteiger partial charge in [0.15, 0.2) is 0 Å². The van der Waals surface area contributed by atoms with Gasteiger partial charge in [-0.25, -0.2) is 4.39 Å². The second-order valence-electron chi connectivity index (χ2n) is 6.75. The molecular formula is C19H21FN4O4. The van der Waals surface area contributed by atoms with Crippen molar-refractivity contribution in [3.8, 4) is 0 Å². The molecule has 148 valence electrons. The van der Waals surface area contributed by atoms with Gasteiger partial charge in [-0.15, -0.1) is 0 Å². The number of hydrogen-bond donors (Lipinski definition) is 0. The minimum Gasteiger partial charge on any atom is -0.340 e. The molecule has 28 heavy (non-hydrogen) atoms. The number of pyridine rings is 1. The van der Waals surface area contributed by atoms with E-state index in [2.05, 4.69) is 4.90 Å². The lowest BCUT2D eigenvalue weighted by atomic mass is 10.2. The quantitative estimate of drug-likeness (QED) is 0.574. The number of rotatable bonds is 5. The van der Waals surface area contributed by atoms with Gasteiger partial charge in [-0.1, -0.05) is 12.1 Å². The zero-order valence-electron chi connectivity index (χ0n) is 15.3. The van der Waals surface area contributed by atoms with E-state index in [4.69, 9.17) is 0 Å². The molecule has 8 nitrogen and oxygen atoms in total. The van der Waals surface area contributed by atoms with Crippen LogP contribution < -0.4 is 5.56 Å². The third-order valence-corrected chi connectivity index (χ3v) is 4.74. The molecular weight excluding hydrogens is 367 g/mol. The molecule has 0 bridgehead atoms. The summed E-state index contributed by atoms with van der Waals surface area (Å²) in [5.74, 6) is -0.515. The monoisotopic (exact) mass is 388 g/mol. The molecule has 0 N–H and O–H groups in total. The van der Waals surface area contributed by atoms with Gasteiger partial charge in [0.1, 0.15) is 12.4 Å². The number of nitro groups is 1. The highest BCUT2D eigenvalue weighted by Gasteiger charge is 2.20. The smallest absolute Gasteiger partial charge is 0.285 e. The highest BCUT2D eigenvalue weighted by molar-refractivity contribution is 5.76. The van der Waals surface area contributed by atoms with Gasteiger partial charge in [0.2, 0.25) is 5.91 Å². The first-order chi connectivity index (χ1) is 13.4. The fourth-order valence-corrected chi connectivity index (χ4v) is 3.22. The van der Waals surface area contributed by atoms with E-state index in [-0.39, 0.29) is 24.0 Å². The average Bonchev–Trinajstić information content (AvgIpc) is 2.91. The van der Waals surface area contributed by atoms with E-state index >= 15 is 0 Å². The van der Waals surface area contributed by atoms with Crippen molar-refractivity contribution >= 4 is 11.6 Å². The molecule has 1 aromatic carbocycles. The summed E-state index contributed by atoms with van der Waals surface area (Å²) in [6.45, 7) is 2.97. The Bertz CT molecular complexity index is 913. The maximum Gasteiger partial charge on any atom is 0.285 e. The molecule has 2 aromatic rings. The minimum atomic E-state index is -0.598. The van der Waals surface area contributed by atoms with Crippen LogP contribution >= 0.6 is 0 Å². The Kier molecular flexibility index (Phi) is 6.15. The number of nitrogens with zero attached hydrogens (tertiary/aromatic N) is 4. The summed E-state index contributed by atoms with van der Waals surface area (Å²) in [5.41, 5.74) is 0.324. The van der Waals surface area contributed by atoms with Gasteiger partial charge >= 0.3 is 0 Å². The molecule has 0 atom stereocenters. The second-order valence-corrected chi connectivity index (χ2v) is 6.75. The lowest BCUT2D eigenvalue weighted by molar-refractivity contribution is -0.385. The molecule has 1 amide bonds. The predicted octanol–water partition coefficient (Wildman–Crippen LogP) is 1.63. The summed E-state index contributed by atoms with van der Waals surface area (Å²) in [4.78, 5) is 38.6. The van der Waals surface area contributed by atoms with Crippen LogP contribution in [0.4, 0.5) is 10.1 Å². The normalized spacial score (nSPS) is 15.2. The number of aromatic nitrogens is 1. The Balaban J connectivity index is 1.60. The Morgan fingerprint density at radius 3 is 2.54 bits per heavy atom. The molecule has 1 aliphatic heterocycles. The molecule has 1 aromatic heterocycles. The number of carbonyl (C=O) groups is 1. The number of halogens is 1. The first-order valence-corrected chi connectivity index (χ1v) is 9.02. The highest BCUT2D eigenvalue weighted by Crippen LogP contribution is 2.11. The first-order valence-electron chi connectivity index (χ1n) is 9.02. The van der Waals surface area contributed by atoms with Crippen molar-refractivity contribution in [2.75, 3.05) is 26.2 Å². The SMILES string of the molecule is O=C(Cn1cc([N+](=O)[O-])ccc1=O)N1CCCN(Cc2ccc(F)cc2)CC1. The van der Waals surface area contributed by atoms with Gasteiger partial charge < -0.3 is 4.90 Å². The average molecular weight is 388 g/mol. The molecule has 0 saturated carbocycles. The highest BCUT2D eigenvalue weighted by atomic mass is 19.1. The van der Waals surface area contributed by atoms with Crippen LogP contribution in [0.25, 0.3) is 0 Å². The van der Waals surface area contributed by atoms with E-state index in [0.717, 1.165) is 41.4 Å². The molecule has 9 heteroatoms. The number of carbonyl (C=O) groups excluding carboxylic acids is 1.